The molecular formula is C15H20N2O2. The fourth-order valence-electron chi connectivity index (χ4n) is 2.60. The molecule has 1 unspecified atom stereocenters. The van der Waals surface area contributed by atoms with Crippen molar-refractivity contribution >= 4 is 11.1 Å². The molecule has 1 fully saturated rings. The van der Waals surface area contributed by atoms with Gasteiger partial charge in [-0.15, -0.1) is 0 Å². The zero-order valence-corrected chi connectivity index (χ0v) is 11.3. The van der Waals surface area contributed by atoms with Crippen molar-refractivity contribution < 1.29 is 4.42 Å². The van der Waals surface area contributed by atoms with E-state index in [9.17, 15) is 4.79 Å². The Balaban J connectivity index is 1.94. The van der Waals surface area contributed by atoms with Crippen LogP contribution in [-0.2, 0) is 6.54 Å². The van der Waals surface area contributed by atoms with Gasteiger partial charge in [-0.2, -0.15) is 0 Å². The van der Waals surface area contributed by atoms with E-state index >= 15 is 0 Å². The van der Waals surface area contributed by atoms with Crippen LogP contribution < -0.4 is 11.5 Å². The molecule has 0 saturated heterocycles. The monoisotopic (exact) mass is 260 g/mol. The molecule has 1 aliphatic rings. The van der Waals surface area contributed by atoms with E-state index in [1.807, 2.05) is 25.1 Å². The second-order valence-electron chi connectivity index (χ2n) is 5.53. The van der Waals surface area contributed by atoms with Gasteiger partial charge >= 0.3 is 5.76 Å². The molecule has 4 heteroatoms. The molecule has 1 saturated carbocycles. The Labute approximate surface area is 112 Å². The van der Waals surface area contributed by atoms with Gasteiger partial charge in [0.25, 0.3) is 0 Å². The lowest BCUT2D eigenvalue weighted by Gasteiger charge is -2.11. The highest BCUT2D eigenvalue weighted by atomic mass is 16.4. The van der Waals surface area contributed by atoms with Crippen LogP contribution in [0.5, 0.6) is 0 Å². The summed E-state index contributed by atoms with van der Waals surface area (Å²) in [4.78, 5) is 11.8. The highest BCUT2D eigenvalue weighted by molar-refractivity contribution is 5.73. The number of benzene rings is 1. The Morgan fingerprint density at radius 3 is 2.95 bits per heavy atom. The maximum absolute atomic E-state index is 11.8. The predicted octanol–water partition coefficient (Wildman–Crippen LogP) is 2.80. The molecule has 2 N–H and O–H groups in total. The highest BCUT2D eigenvalue weighted by Gasteiger charge is 2.24. The van der Waals surface area contributed by atoms with Gasteiger partial charge in [0.05, 0.1) is 5.52 Å². The Bertz CT molecular complexity index is 637. The van der Waals surface area contributed by atoms with E-state index < -0.39 is 0 Å². The number of rotatable bonds is 5. The molecule has 102 valence electrons. The van der Waals surface area contributed by atoms with Crippen molar-refractivity contribution in [2.75, 3.05) is 0 Å². The van der Waals surface area contributed by atoms with Crippen molar-refractivity contribution in [2.45, 2.75) is 45.2 Å². The summed E-state index contributed by atoms with van der Waals surface area (Å²) in [5.41, 5.74) is 8.79. The topological polar surface area (TPSA) is 61.2 Å². The van der Waals surface area contributed by atoms with Gasteiger partial charge in [0.2, 0.25) is 0 Å². The summed E-state index contributed by atoms with van der Waals surface area (Å²) in [7, 11) is 0. The number of hydrogen-bond donors (Lipinski definition) is 1. The molecule has 3 rings (SSSR count). The third kappa shape index (κ3) is 2.45. The Hall–Kier alpha value is -1.55. The number of nitrogens with two attached hydrogens (primary N) is 1. The third-order valence-corrected chi connectivity index (χ3v) is 3.85. The van der Waals surface area contributed by atoms with E-state index in [2.05, 4.69) is 0 Å². The van der Waals surface area contributed by atoms with E-state index in [1.54, 1.807) is 4.57 Å². The van der Waals surface area contributed by atoms with E-state index in [0.29, 0.717) is 12.1 Å². The lowest BCUT2D eigenvalue weighted by Crippen LogP contribution is -2.13. The minimum atomic E-state index is -0.273. The van der Waals surface area contributed by atoms with Crippen LogP contribution >= 0.6 is 0 Å². The molecule has 1 atom stereocenters. The van der Waals surface area contributed by atoms with Crippen molar-refractivity contribution in [2.24, 2.45) is 11.7 Å². The highest BCUT2D eigenvalue weighted by Crippen LogP contribution is 2.37. The quantitative estimate of drug-likeness (QED) is 0.899. The van der Waals surface area contributed by atoms with Crippen LogP contribution in [0.4, 0.5) is 0 Å². The average molecular weight is 260 g/mol. The molecule has 1 aromatic carbocycles. The van der Waals surface area contributed by atoms with Gasteiger partial charge in [-0.3, -0.25) is 4.57 Å². The minimum Gasteiger partial charge on any atom is -0.408 e. The van der Waals surface area contributed by atoms with Crippen molar-refractivity contribution in [1.82, 2.24) is 4.57 Å². The Kier molecular flexibility index (Phi) is 3.19. The molecule has 2 aromatic rings. The van der Waals surface area contributed by atoms with Crippen LogP contribution in [0.15, 0.2) is 27.4 Å². The van der Waals surface area contributed by atoms with E-state index in [0.717, 1.165) is 29.8 Å². The number of aryl methyl sites for hydroxylation is 1. The Morgan fingerprint density at radius 1 is 1.47 bits per heavy atom. The Morgan fingerprint density at radius 2 is 2.26 bits per heavy atom. The van der Waals surface area contributed by atoms with Gasteiger partial charge in [-0.25, -0.2) is 4.79 Å². The lowest BCUT2D eigenvalue weighted by molar-refractivity contribution is 0.502. The van der Waals surface area contributed by atoms with Crippen LogP contribution in [0.2, 0.25) is 0 Å². The summed E-state index contributed by atoms with van der Waals surface area (Å²) in [6.45, 7) is 2.74. The summed E-state index contributed by atoms with van der Waals surface area (Å²) in [5.74, 6) is 0.521. The molecule has 0 bridgehead atoms. The zero-order chi connectivity index (χ0) is 13.4. The van der Waals surface area contributed by atoms with E-state index in [4.69, 9.17) is 10.2 Å². The smallest absolute Gasteiger partial charge is 0.408 e. The molecule has 19 heavy (non-hydrogen) atoms. The summed E-state index contributed by atoms with van der Waals surface area (Å²) < 4.78 is 7.00. The van der Waals surface area contributed by atoms with Crippen LogP contribution in [-0.4, -0.2) is 4.57 Å². The second kappa shape index (κ2) is 4.85. The van der Waals surface area contributed by atoms with Crippen molar-refractivity contribution in [1.29, 1.82) is 0 Å². The first-order chi connectivity index (χ1) is 9.19. The van der Waals surface area contributed by atoms with E-state index in [1.165, 1.54) is 12.8 Å². The normalized spacial score (nSPS) is 16.9. The van der Waals surface area contributed by atoms with Gasteiger partial charge in [0, 0.05) is 12.6 Å². The fraction of sp³-hybridized carbons (Fsp3) is 0.533. The van der Waals surface area contributed by atoms with Crippen molar-refractivity contribution in [3.05, 3.63) is 34.3 Å². The standard InChI is InChI=1S/C15H20N2O2/c1-2-7-17-13-6-5-11(9-14(13)19-15(17)18)12(16)8-10-3-4-10/h5-6,9-10,12H,2-4,7-8,16H2,1H3. The van der Waals surface area contributed by atoms with Gasteiger partial charge < -0.3 is 10.2 Å². The molecule has 1 aromatic heterocycles. The molecule has 0 aliphatic heterocycles. The fourth-order valence-corrected chi connectivity index (χ4v) is 2.60. The molecule has 1 aliphatic carbocycles. The largest absolute Gasteiger partial charge is 0.419 e. The van der Waals surface area contributed by atoms with E-state index in [-0.39, 0.29) is 11.8 Å². The van der Waals surface area contributed by atoms with Gasteiger partial charge in [-0.05, 0) is 36.5 Å². The summed E-state index contributed by atoms with van der Waals surface area (Å²) in [5, 5.41) is 0. The number of oxazole rings is 1. The van der Waals surface area contributed by atoms with Crippen LogP contribution in [0.1, 0.15) is 44.2 Å². The summed E-state index contributed by atoms with van der Waals surface area (Å²) in [6.07, 6.45) is 4.55. The van der Waals surface area contributed by atoms with Crippen molar-refractivity contribution in [3.63, 3.8) is 0 Å². The van der Waals surface area contributed by atoms with Gasteiger partial charge in [0.1, 0.15) is 0 Å². The average Bonchev–Trinajstić information content (AvgIpc) is 3.14. The first-order valence-electron chi connectivity index (χ1n) is 7.08. The third-order valence-electron chi connectivity index (χ3n) is 3.85. The maximum Gasteiger partial charge on any atom is 0.419 e. The molecule has 0 radical (unpaired) electrons. The lowest BCUT2D eigenvalue weighted by atomic mass is 10.0. The second-order valence-corrected chi connectivity index (χ2v) is 5.53. The maximum atomic E-state index is 11.8. The minimum absolute atomic E-state index is 0.0525. The van der Waals surface area contributed by atoms with Crippen LogP contribution in [0.3, 0.4) is 0 Å². The van der Waals surface area contributed by atoms with Crippen LogP contribution in [0, 0.1) is 5.92 Å². The zero-order valence-electron chi connectivity index (χ0n) is 11.3. The number of fused-ring (bicyclic) bond motifs is 1. The number of aromatic nitrogens is 1. The SMILES string of the molecule is CCCn1c(=O)oc2cc(C(N)CC3CC3)ccc21. The van der Waals surface area contributed by atoms with Gasteiger partial charge in [0.15, 0.2) is 5.58 Å². The number of nitrogens with zero attached hydrogens (tertiary/aromatic N) is 1. The van der Waals surface area contributed by atoms with Crippen molar-refractivity contribution in [3.8, 4) is 0 Å². The summed E-state index contributed by atoms with van der Waals surface area (Å²) in [6, 6.07) is 5.96. The molecule has 0 amide bonds. The first kappa shape index (κ1) is 12.5. The predicted molar refractivity (Wildman–Crippen MR) is 75.0 cm³/mol. The van der Waals surface area contributed by atoms with Gasteiger partial charge in [-0.1, -0.05) is 25.8 Å². The molecule has 0 spiro atoms. The number of hydrogen-bond acceptors (Lipinski definition) is 3. The molecular weight excluding hydrogens is 240 g/mol. The van der Waals surface area contributed by atoms with Crippen LogP contribution in [0.25, 0.3) is 11.1 Å². The summed E-state index contributed by atoms with van der Waals surface area (Å²) >= 11 is 0. The molecule has 1 heterocycles. The molecule has 4 nitrogen and oxygen atoms in total. The first-order valence-corrected chi connectivity index (χ1v) is 7.08.